The van der Waals surface area contributed by atoms with Gasteiger partial charge in [0, 0.05) is 7.11 Å². The normalized spacial score (nSPS) is 14.6. The molecule has 1 unspecified atom stereocenters. The Hall–Kier alpha value is -0.340. The van der Waals surface area contributed by atoms with Gasteiger partial charge in [0.1, 0.15) is 0 Å². The molecule has 0 aromatic heterocycles. The number of ether oxygens (including phenoxy) is 2. The third-order valence-electron chi connectivity index (χ3n) is 1.08. The molecule has 0 aromatic rings. The standard InChI is InChI=1S/C9H18O2/c1-7(2)8(10-6)11-9(3,4)5/h8H,1H2,2-6H3. The molecule has 0 aromatic carbocycles. The summed E-state index contributed by atoms with van der Waals surface area (Å²) in [6.07, 6.45) is -0.282. The Morgan fingerprint density at radius 3 is 1.91 bits per heavy atom. The fourth-order valence-electron chi connectivity index (χ4n) is 0.671. The Balaban J connectivity index is 3.99. The zero-order chi connectivity index (χ0) is 9.07. The van der Waals surface area contributed by atoms with E-state index in [2.05, 4.69) is 6.58 Å². The first-order valence-electron chi connectivity index (χ1n) is 3.73. The van der Waals surface area contributed by atoms with Gasteiger partial charge in [-0.15, -0.1) is 0 Å². The quantitative estimate of drug-likeness (QED) is 0.463. The number of methoxy groups -OCH3 is 1. The Morgan fingerprint density at radius 1 is 1.36 bits per heavy atom. The lowest BCUT2D eigenvalue weighted by molar-refractivity contribution is -0.160. The molecular weight excluding hydrogens is 140 g/mol. The molecule has 0 aliphatic rings. The summed E-state index contributed by atoms with van der Waals surface area (Å²) in [5.74, 6) is 0. The van der Waals surface area contributed by atoms with Crippen molar-refractivity contribution in [3.05, 3.63) is 12.2 Å². The molecule has 11 heavy (non-hydrogen) atoms. The largest absolute Gasteiger partial charge is 0.352 e. The summed E-state index contributed by atoms with van der Waals surface area (Å²) in [5, 5.41) is 0. The van der Waals surface area contributed by atoms with E-state index >= 15 is 0 Å². The van der Waals surface area contributed by atoms with Gasteiger partial charge >= 0.3 is 0 Å². The van der Waals surface area contributed by atoms with E-state index in [1.165, 1.54) is 0 Å². The monoisotopic (exact) mass is 158 g/mol. The van der Waals surface area contributed by atoms with Gasteiger partial charge in [-0.05, 0) is 33.3 Å². The average Bonchev–Trinajstić information content (AvgIpc) is 1.80. The molecule has 0 amide bonds. The molecule has 0 N–H and O–H groups in total. The average molecular weight is 158 g/mol. The van der Waals surface area contributed by atoms with Crippen LogP contribution < -0.4 is 0 Å². The molecule has 2 heteroatoms. The first-order chi connectivity index (χ1) is 4.87. The highest BCUT2D eigenvalue weighted by Crippen LogP contribution is 2.15. The maximum atomic E-state index is 5.53. The minimum atomic E-state index is -0.282. The molecular formula is C9H18O2. The van der Waals surface area contributed by atoms with Gasteiger partial charge in [0.05, 0.1) is 5.60 Å². The number of hydrogen-bond donors (Lipinski definition) is 0. The Labute approximate surface area is 69.2 Å². The van der Waals surface area contributed by atoms with Crippen molar-refractivity contribution in [3.63, 3.8) is 0 Å². The Bertz CT molecular complexity index is 133. The van der Waals surface area contributed by atoms with E-state index in [-0.39, 0.29) is 11.9 Å². The molecule has 0 radical (unpaired) electrons. The first-order valence-corrected chi connectivity index (χ1v) is 3.73. The van der Waals surface area contributed by atoms with Crippen molar-refractivity contribution in [1.29, 1.82) is 0 Å². The highest BCUT2D eigenvalue weighted by atomic mass is 16.7. The molecule has 0 spiro atoms. The van der Waals surface area contributed by atoms with Crippen molar-refractivity contribution in [2.75, 3.05) is 7.11 Å². The molecule has 0 fully saturated rings. The van der Waals surface area contributed by atoms with Crippen LogP contribution in [0.25, 0.3) is 0 Å². The van der Waals surface area contributed by atoms with Crippen molar-refractivity contribution in [2.24, 2.45) is 0 Å². The minimum absolute atomic E-state index is 0.181. The fraction of sp³-hybridized carbons (Fsp3) is 0.778. The molecule has 66 valence electrons. The van der Waals surface area contributed by atoms with Gasteiger partial charge in [0.2, 0.25) is 0 Å². The molecule has 0 heterocycles. The van der Waals surface area contributed by atoms with Crippen molar-refractivity contribution in [1.82, 2.24) is 0 Å². The van der Waals surface area contributed by atoms with E-state index in [1.54, 1.807) is 7.11 Å². The van der Waals surface area contributed by atoms with Crippen LogP contribution in [0.1, 0.15) is 27.7 Å². The van der Waals surface area contributed by atoms with Gasteiger partial charge in [0.25, 0.3) is 0 Å². The number of hydrogen-bond acceptors (Lipinski definition) is 2. The Morgan fingerprint density at radius 2 is 1.82 bits per heavy atom. The van der Waals surface area contributed by atoms with Crippen LogP contribution in [-0.2, 0) is 9.47 Å². The minimum Gasteiger partial charge on any atom is -0.352 e. The summed E-state index contributed by atoms with van der Waals surface area (Å²) in [6.45, 7) is 11.6. The molecule has 0 aliphatic carbocycles. The van der Waals surface area contributed by atoms with Crippen LogP contribution in [0.15, 0.2) is 12.2 Å². The fourth-order valence-corrected chi connectivity index (χ4v) is 0.671. The second-order valence-corrected chi connectivity index (χ2v) is 3.64. The summed E-state index contributed by atoms with van der Waals surface area (Å²) in [4.78, 5) is 0. The summed E-state index contributed by atoms with van der Waals surface area (Å²) >= 11 is 0. The molecule has 0 saturated carbocycles. The van der Waals surface area contributed by atoms with Crippen LogP contribution in [0.2, 0.25) is 0 Å². The van der Waals surface area contributed by atoms with Crippen LogP contribution >= 0.6 is 0 Å². The van der Waals surface area contributed by atoms with Crippen LogP contribution in [0.4, 0.5) is 0 Å². The van der Waals surface area contributed by atoms with E-state index in [1.807, 2.05) is 27.7 Å². The molecule has 0 saturated heterocycles. The maximum Gasteiger partial charge on any atom is 0.179 e. The number of rotatable bonds is 3. The van der Waals surface area contributed by atoms with Gasteiger partial charge < -0.3 is 9.47 Å². The van der Waals surface area contributed by atoms with Crippen molar-refractivity contribution >= 4 is 0 Å². The second kappa shape index (κ2) is 3.88. The zero-order valence-electron chi connectivity index (χ0n) is 8.10. The summed E-state index contributed by atoms with van der Waals surface area (Å²) < 4.78 is 10.6. The molecule has 2 nitrogen and oxygen atoms in total. The van der Waals surface area contributed by atoms with Crippen molar-refractivity contribution < 1.29 is 9.47 Å². The van der Waals surface area contributed by atoms with E-state index in [4.69, 9.17) is 9.47 Å². The lowest BCUT2D eigenvalue weighted by Crippen LogP contribution is -2.29. The van der Waals surface area contributed by atoms with E-state index in [9.17, 15) is 0 Å². The van der Waals surface area contributed by atoms with Crippen LogP contribution in [0.5, 0.6) is 0 Å². The van der Waals surface area contributed by atoms with Gasteiger partial charge in [-0.2, -0.15) is 0 Å². The highest BCUT2D eigenvalue weighted by molar-refractivity contribution is 4.93. The summed E-state index contributed by atoms with van der Waals surface area (Å²) in [7, 11) is 1.62. The van der Waals surface area contributed by atoms with Crippen molar-refractivity contribution in [3.8, 4) is 0 Å². The first kappa shape index (κ1) is 10.7. The Kier molecular flexibility index (Phi) is 3.76. The smallest absolute Gasteiger partial charge is 0.179 e. The maximum absolute atomic E-state index is 5.53. The third kappa shape index (κ3) is 4.99. The van der Waals surface area contributed by atoms with E-state index in [0.717, 1.165) is 5.57 Å². The highest BCUT2D eigenvalue weighted by Gasteiger charge is 2.18. The zero-order valence-corrected chi connectivity index (χ0v) is 8.10. The van der Waals surface area contributed by atoms with Crippen LogP contribution in [-0.4, -0.2) is 19.0 Å². The third-order valence-corrected chi connectivity index (χ3v) is 1.08. The van der Waals surface area contributed by atoms with Gasteiger partial charge in [-0.1, -0.05) is 6.58 Å². The SMILES string of the molecule is C=C(C)C(OC)OC(C)(C)C. The molecule has 0 rings (SSSR count). The lowest BCUT2D eigenvalue weighted by Gasteiger charge is -2.26. The predicted molar refractivity (Wildman–Crippen MR) is 46.4 cm³/mol. The summed E-state index contributed by atoms with van der Waals surface area (Å²) in [6, 6.07) is 0. The molecule has 0 aliphatic heterocycles. The molecule has 1 atom stereocenters. The topological polar surface area (TPSA) is 18.5 Å². The molecule has 0 bridgehead atoms. The summed E-state index contributed by atoms with van der Waals surface area (Å²) in [5.41, 5.74) is 0.710. The van der Waals surface area contributed by atoms with Crippen LogP contribution in [0, 0.1) is 0 Å². The van der Waals surface area contributed by atoms with Crippen LogP contribution in [0.3, 0.4) is 0 Å². The van der Waals surface area contributed by atoms with Gasteiger partial charge in [0.15, 0.2) is 6.29 Å². The van der Waals surface area contributed by atoms with E-state index < -0.39 is 0 Å². The van der Waals surface area contributed by atoms with E-state index in [0.29, 0.717) is 0 Å². The second-order valence-electron chi connectivity index (χ2n) is 3.64. The van der Waals surface area contributed by atoms with Gasteiger partial charge in [-0.3, -0.25) is 0 Å². The van der Waals surface area contributed by atoms with Crippen molar-refractivity contribution in [2.45, 2.75) is 39.6 Å². The lowest BCUT2D eigenvalue weighted by atomic mass is 10.2. The van der Waals surface area contributed by atoms with Gasteiger partial charge in [-0.25, -0.2) is 0 Å². The predicted octanol–water partition coefficient (Wildman–Crippen LogP) is 2.35.